The van der Waals surface area contributed by atoms with Crippen molar-refractivity contribution in [1.29, 1.82) is 0 Å². The van der Waals surface area contributed by atoms with Gasteiger partial charge in [-0.15, -0.1) is 34.0 Å². The first-order valence-corrected chi connectivity index (χ1v) is 20.5. The van der Waals surface area contributed by atoms with E-state index in [1.54, 1.807) is 89.4 Å². The van der Waals surface area contributed by atoms with Gasteiger partial charge in [-0.1, -0.05) is 0 Å². The van der Waals surface area contributed by atoms with Crippen LogP contribution in [0.4, 0.5) is 0 Å². The zero-order chi connectivity index (χ0) is 27.0. The molecule has 2 saturated heterocycles. The normalized spacial score (nSPS) is 24.7. The topological polar surface area (TPSA) is 0 Å². The van der Waals surface area contributed by atoms with Gasteiger partial charge in [-0.25, -0.2) is 0 Å². The molecule has 2 atom stereocenters. The van der Waals surface area contributed by atoms with Gasteiger partial charge in [-0.05, 0) is 0 Å². The van der Waals surface area contributed by atoms with Gasteiger partial charge in [0.05, 0.1) is 0 Å². The first kappa shape index (κ1) is 40.4. The Bertz CT molecular complexity index is 510. The average molecular weight is 699 g/mol. The third kappa shape index (κ3) is 9.69. The van der Waals surface area contributed by atoms with Crippen LogP contribution in [0.25, 0.3) is 0 Å². The summed E-state index contributed by atoms with van der Waals surface area (Å²) < 4.78 is 0. The molecule has 0 saturated carbocycles. The van der Waals surface area contributed by atoms with Crippen LogP contribution in [0, 0.1) is 11.8 Å². The molecular weight excluding hydrogens is 623 g/mol. The summed E-state index contributed by atoms with van der Waals surface area (Å²) >= 11 is 0. The molecule has 0 aromatic rings. The summed E-state index contributed by atoms with van der Waals surface area (Å²) in [7, 11) is -1.61. The number of unbranched alkanes of at least 4 members (excludes halogenated alkanes) is 6. The van der Waals surface area contributed by atoms with E-state index in [-0.39, 0.29) is 34.0 Å². The summed E-state index contributed by atoms with van der Waals surface area (Å²) in [6.45, 7) is 14.9. The molecule has 0 N–H and O–H groups in total. The molecule has 0 nitrogen and oxygen atoms in total. The molecule has 0 radical (unpaired) electrons. The molecule has 2 rings (SSSR count). The molecular formula is C36H75Br2P. The van der Waals surface area contributed by atoms with Crippen LogP contribution in [0.3, 0.4) is 0 Å². The molecule has 0 aromatic carbocycles. The van der Waals surface area contributed by atoms with Crippen LogP contribution in [-0.2, 0) is 0 Å². The van der Waals surface area contributed by atoms with E-state index in [1.807, 2.05) is 0 Å². The Labute approximate surface area is 270 Å². The van der Waals surface area contributed by atoms with E-state index in [9.17, 15) is 0 Å². The van der Waals surface area contributed by atoms with Gasteiger partial charge in [0, 0.05) is 0 Å². The van der Waals surface area contributed by atoms with E-state index >= 15 is 0 Å². The monoisotopic (exact) mass is 696 g/mol. The number of hydrogen-bond donors (Lipinski definition) is 0. The Balaban J connectivity index is 0.00000722. The second-order valence-electron chi connectivity index (χ2n) is 14.0. The fraction of sp³-hybridized carbons (Fsp3) is 1.00. The number of hydrogen-bond acceptors (Lipinski definition) is 0. The van der Waals surface area contributed by atoms with E-state index < -0.39 is 7.26 Å². The van der Waals surface area contributed by atoms with E-state index in [0.717, 1.165) is 22.1 Å². The predicted molar refractivity (Wildman–Crippen MR) is 196 cm³/mol. The van der Waals surface area contributed by atoms with Crippen molar-refractivity contribution in [3.05, 3.63) is 0 Å². The fourth-order valence-corrected chi connectivity index (χ4v) is 20.0. The first-order valence-electron chi connectivity index (χ1n) is 18.1. The third-order valence-electron chi connectivity index (χ3n) is 12.0. The van der Waals surface area contributed by atoms with E-state index in [0.29, 0.717) is 0 Å². The quantitative estimate of drug-likeness (QED) is 0.125. The second-order valence-corrected chi connectivity index (χ2v) is 19.1. The van der Waals surface area contributed by atoms with Gasteiger partial charge in [-0.3, -0.25) is 0 Å². The second kappa shape index (κ2) is 22.0. The van der Waals surface area contributed by atoms with Crippen LogP contribution in [0.15, 0.2) is 0 Å². The van der Waals surface area contributed by atoms with Crippen LogP contribution in [0.1, 0.15) is 196 Å². The van der Waals surface area contributed by atoms with Gasteiger partial charge in [-0.2, -0.15) is 0 Å². The van der Waals surface area contributed by atoms with Crippen molar-refractivity contribution in [1.82, 2.24) is 0 Å². The van der Waals surface area contributed by atoms with Gasteiger partial charge in [0.2, 0.25) is 0 Å². The number of rotatable bonds is 18. The van der Waals surface area contributed by atoms with Crippen LogP contribution in [-0.4, -0.2) is 22.6 Å². The van der Waals surface area contributed by atoms with Crippen molar-refractivity contribution in [2.45, 2.75) is 206 Å². The van der Waals surface area contributed by atoms with Crippen molar-refractivity contribution in [3.63, 3.8) is 0 Å². The summed E-state index contributed by atoms with van der Waals surface area (Å²) in [6.07, 6.45) is 40.0. The molecule has 0 aromatic heterocycles. The van der Waals surface area contributed by atoms with Crippen molar-refractivity contribution in [3.8, 4) is 0 Å². The van der Waals surface area contributed by atoms with Crippen LogP contribution >= 0.6 is 41.2 Å². The summed E-state index contributed by atoms with van der Waals surface area (Å²) in [5.41, 5.74) is 0. The minimum atomic E-state index is -1.61. The molecule has 238 valence electrons. The van der Waals surface area contributed by atoms with Crippen molar-refractivity contribution < 1.29 is 0 Å². The maximum absolute atomic E-state index is 2.50. The molecule has 2 unspecified atom stereocenters. The Morgan fingerprint density at radius 1 is 0.462 bits per heavy atom. The molecule has 1 spiro atoms. The van der Waals surface area contributed by atoms with Crippen molar-refractivity contribution >= 4 is 41.2 Å². The SMILES string of the molecule is Br.Br.CCCCC1CCCC[PH]2(CCCCC(CCCC)C2(CCCC)CCCC)C1(CCCC)CCCC. The fourth-order valence-electron chi connectivity index (χ4n) is 10.3. The van der Waals surface area contributed by atoms with Crippen molar-refractivity contribution in [2.24, 2.45) is 11.8 Å². The summed E-state index contributed by atoms with van der Waals surface area (Å²) in [4.78, 5) is 0. The van der Waals surface area contributed by atoms with Crippen molar-refractivity contribution in [2.75, 3.05) is 12.3 Å². The summed E-state index contributed by atoms with van der Waals surface area (Å²) in [5.74, 6) is 2.10. The molecule has 2 fully saturated rings. The van der Waals surface area contributed by atoms with E-state index in [1.165, 1.54) is 77.0 Å². The predicted octanol–water partition coefficient (Wildman–Crippen LogP) is 14.1. The zero-order valence-corrected chi connectivity index (χ0v) is 32.3. The molecule has 3 heteroatoms. The van der Waals surface area contributed by atoms with Gasteiger partial charge < -0.3 is 0 Å². The molecule has 2 heterocycles. The molecule has 0 aliphatic carbocycles. The standard InChI is InChI=1S/C36H73P.2BrH/c1-7-13-23-33-25-19-21-31-37(35(33,27-15-9-3)28-16-10-4)32-22-20-26-34(24-14-8-2)36(37,29-17-11-5)30-18-12-6;;/h33-34,37H,7-32H2,1-6H3;2*1H. The maximum atomic E-state index is 2.50. The summed E-state index contributed by atoms with van der Waals surface area (Å²) in [5, 5.41) is 1.47. The average Bonchev–Trinajstić information content (AvgIpc) is 3.17. The minimum absolute atomic E-state index is 0. The third-order valence-corrected chi connectivity index (χ3v) is 20.0. The summed E-state index contributed by atoms with van der Waals surface area (Å²) in [6, 6.07) is 0. The Hall–Kier alpha value is 1.39. The van der Waals surface area contributed by atoms with Crippen LogP contribution in [0.2, 0.25) is 0 Å². The molecule has 0 bridgehead atoms. The van der Waals surface area contributed by atoms with Gasteiger partial charge >= 0.3 is 237 Å². The Morgan fingerprint density at radius 3 is 1.05 bits per heavy atom. The molecule has 2 aliphatic rings. The zero-order valence-electron chi connectivity index (χ0n) is 27.9. The molecule has 0 amide bonds. The first-order chi connectivity index (χ1) is 18.1. The Kier molecular flexibility index (Phi) is 22.8. The van der Waals surface area contributed by atoms with E-state index in [2.05, 4.69) is 41.5 Å². The van der Waals surface area contributed by atoms with Gasteiger partial charge in [0.25, 0.3) is 0 Å². The molecule has 39 heavy (non-hydrogen) atoms. The van der Waals surface area contributed by atoms with E-state index in [4.69, 9.17) is 0 Å². The molecule has 2 aliphatic heterocycles. The van der Waals surface area contributed by atoms with Crippen LogP contribution in [0.5, 0.6) is 0 Å². The number of halogens is 2. The van der Waals surface area contributed by atoms with Gasteiger partial charge in [0.15, 0.2) is 0 Å². The van der Waals surface area contributed by atoms with Gasteiger partial charge in [0.1, 0.15) is 0 Å². The Morgan fingerprint density at radius 2 is 0.769 bits per heavy atom. The van der Waals surface area contributed by atoms with Crippen LogP contribution < -0.4 is 0 Å².